The Labute approximate surface area is 220 Å². The largest absolute Gasteiger partial charge is 0.480 e. The highest BCUT2D eigenvalue weighted by atomic mass is 16.4. The minimum Gasteiger partial charge on any atom is -0.480 e. The summed E-state index contributed by atoms with van der Waals surface area (Å²) < 4.78 is 0. The van der Waals surface area contributed by atoms with Crippen molar-refractivity contribution in [1.29, 1.82) is 0 Å². The number of carboxylic acid groups (broad SMARTS) is 1. The van der Waals surface area contributed by atoms with Crippen molar-refractivity contribution in [3.63, 3.8) is 0 Å². The molecule has 0 saturated heterocycles. The fraction of sp³-hybridized carbons (Fsp3) is 0.630. The van der Waals surface area contributed by atoms with Crippen LogP contribution < -0.4 is 27.4 Å². The summed E-state index contributed by atoms with van der Waals surface area (Å²) in [5.74, 6) is -3.24. The Hall–Kier alpha value is -2.98. The van der Waals surface area contributed by atoms with E-state index in [1.807, 2.05) is 44.2 Å². The molecule has 8 N–H and O–H groups in total. The van der Waals surface area contributed by atoms with Gasteiger partial charge in [0.1, 0.15) is 18.1 Å². The number of aliphatic carboxylic acids is 1. The number of amides is 3. The fourth-order valence-electron chi connectivity index (χ4n) is 3.88. The van der Waals surface area contributed by atoms with Crippen LogP contribution in [0, 0.1) is 11.8 Å². The number of benzene rings is 1. The van der Waals surface area contributed by atoms with E-state index in [0.29, 0.717) is 45.1 Å². The van der Waals surface area contributed by atoms with Gasteiger partial charge in [0.15, 0.2) is 0 Å². The van der Waals surface area contributed by atoms with E-state index in [-0.39, 0.29) is 11.8 Å². The zero-order valence-electron chi connectivity index (χ0n) is 22.5. The van der Waals surface area contributed by atoms with Gasteiger partial charge < -0.3 is 32.5 Å². The first kappa shape index (κ1) is 32.0. The van der Waals surface area contributed by atoms with Crippen LogP contribution in [0.2, 0.25) is 0 Å². The third-order valence-electron chi connectivity index (χ3n) is 6.79. The van der Waals surface area contributed by atoms with Crippen molar-refractivity contribution in [2.24, 2.45) is 23.3 Å². The lowest BCUT2D eigenvalue weighted by Crippen LogP contribution is -2.59. The number of rotatable bonds is 17. The molecule has 10 nitrogen and oxygen atoms in total. The molecule has 6 atom stereocenters. The topological polar surface area (TPSA) is 177 Å². The number of nitrogens with two attached hydrogens (primary N) is 2. The first-order chi connectivity index (χ1) is 17.5. The Morgan fingerprint density at radius 3 is 1.95 bits per heavy atom. The van der Waals surface area contributed by atoms with E-state index in [2.05, 4.69) is 16.0 Å². The van der Waals surface area contributed by atoms with Crippen LogP contribution in [0.3, 0.4) is 0 Å². The van der Waals surface area contributed by atoms with E-state index >= 15 is 0 Å². The summed E-state index contributed by atoms with van der Waals surface area (Å²) in [6.45, 7) is 7.72. The van der Waals surface area contributed by atoms with Crippen molar-refractivity contribution in [2.75, 3.05) is 6.54 Å². The summed E-state index contributed by atoms with van der Waals surface area (Å²) in [5, 5.41) is 17.7. The molecule has 0 aromatic heterocycles. The molecular formula is C27H45N5O5. The molecule has 0 heterocycles. The van der Waals surface area contributed by atoms with Gasteiger partial charge in [0.05, 0.1) is 6.04 Å². The van der Waals surface area contributed by atoms with Crippen molar-refractivity contribution in [3.05, 3.63) is 35.9 Å². The predicted molar refractivity (Wildman–Crippen MR) is 143 cm³/mol. The van der Waals surface area contributed by atoms with Crippen molar-refractivity contribution >= 4 is 23.7 Å². The second kappa shape index (κ2) is 16.7. The maximum absolute atomic E-state index is 13.3. The fourth-order valence-corrected chi connectivity index (χ4v) is 3.88. The van der Waals surface area contributed by atoms with Crippen LogP contribution in [0.25, 0.3) is 0 Å². The normalized spacial score (nSPS) is 15.9. The SMILES string of the molecule is CCC(C)C(NC(=O)C(NC(=O)C(CCCCN)NC(=O)C(N)Cc1ccccc1)C(C)CC)C(=O)O. The van der Waals surface area contributed by atoms with E-state index in [9.17, 15) is 24.3 Å². The minimum atomic E-state index is -1.13. The molecule has 1 aromatic rings. The first-order valence-electron chi connectivity index (χ1n) is 13.2. The summed E-state index contributed by atoms with van der Waals surface area (Å²) >= 11 is 0. The van der Waals surface area contributed by atoms with Crippen LogP contribution >= 0.6 is 0 Å². The number of carbonyl (C=O) groups is 4. The highest BCUT2D eigenvalue weighted by molar-refractivity contribution is 5.94. The molecule has 3 amide bonds. The lowest BCUT2D eigenvalue weighted by molar-refractivity contribution is -0.144. The summed E-state index contributed by atoms with van der Waals surface area (Å²) in [6, 6.07) is 5.54. The number of nitrogens with one attached hydrogen (secondary N) is 3. The van der Waals surface area contributed by atoms with Crippen molar-refractivity contribution in [1.82, 2.24) is 16.0 Å². The molecule has 0 aliphatic rings. The molecule has 37 heavy (non-hydrogen) atoms. The van der Waals surface area contributed by atoms with E-state index in [4.69, 9.17) is 11.5 Å². The van der Waals surface area contributed by atoms with Gasteiger partial charge >= 0.3 is 5.97 Å². The van der Waals surface area contributed by atoms with Gasteiger partial charge in [0.25, 0.3) is 0 Å². The van der Waals surface area contributed by atoms with Crippen molar-refractivity contribution in [3.8, 4) is 0 Å². The third kappa shape index (κ3) is 10.9. The maximum atomic E-state index is 13.3. The molecule has 0 aliphatic carbocycles. The van der Waals surface area contributed by atoms with E-state index < -0.39 is 47.9 Å². The number of unbranched alkanes of at least 4 members (excludes halogenated alkanes) is 1. The molecule has 0 fully saturated rings. The molecular weight excluding hydrogens is 474 g/mol. The zero-order chi connectivity index (χ0) is 28.0. The molecule has 6 unspecified atom stereocenters. The summed E-state index contributed by atoms with van der Waals surface area (Å²) in [7, 11) is 0. The second-order valence-corrected chi connectivity index (χ2v) is 9.72. The number of carbonyl (C=O) groups excluding carboxylic acids is 3. The highest BCUT2D eigenvalue weighted by Crippen LogP contribution is 2.13. The summed E-state index contributed by atoms with van der Waals surface area (Å²) in [6.07, 6.45) is 3.04. The Balaban J connectivity index is 3.01. The van der Waals surface area contributed by atoms with Gasteiger partial charge in [-0.15, -0.1) is 0 Å². The highest BCUT2D eigenvalue weighted by Gasteiger charge is 2.34. The van der Waals surface area contributed by atoms with E-state index in [1.165, 1.54) is 0 Å². The Kier molecular flexibility index (Phi) is 14.5. The van der Waals surface area contributed by atoms with Gasteiger partial charge in [-0.1, -0.05) is 70.9 Å². The van der Waals surface area contributed by atoms with E-state index in [1.54, 1.807) is 13.8 Å². The molecule has 1 rings (SSSR count). The van der Waals surface area contributed by atoms with Crippen LogP contribution in [0.4, 0.5) is 0 Å². The monoisotopic (exact) mass is 519 g/mol. The van der Waals surface area contributed by atoms with Gasteiger partial charge in [-0.05, 0) is 49.6 Å². The van der Waals surface area contributed by atoms with Crippen molar-refractivity contribution in [2.45, 2.75) is 90.4 Å². The van der Waals surface area contributed by atoms with Gasteiger partial charge in [0, 0.05) is 0 Å². The van der Waals surface area contributed by atoms with Crippen LogP contribution in [0.1, 0.15) is 65.4 Å². The van der Waals surface area contributed by atoms with Gasteiger partial charge in [-0.3, -0.25) is 14.4 Å². The molecule has 0 bridgehead atoms. The second-order valence-electron chi connectivity index (χ2n) is 9.72. The Morgan fingerprint density at radius 2 is 1.41 bits per heavy atom. The Morgan fingerprint density at radius 1 is 0.838 bits per heavy atom. The first-order valence-corrected chi connectivity index (χ1v) is 13.2. The van der Waals surface area contributed by atoms with Crippen LogP contribution in [0.15, 0.2) is 30.3 Å². The minimum absolute atomic E-state index is 0.268. The smallest absolute Gasteiger partial charge is 0.326 e. The van der Waals surface area contributed by atoms with Gasteiger partial charge in [0.2, 0.25) is 17.7 Å². The average Bonchev–Trinajstić information content (AvgIpc) is 2.88. The molecule has 0 radical (unpaired) electrons. The van der Waals surface area contributed by atoms with Gasteiger partial charge in [-0.25, -0.2) is 4.79 Å². The van der Waals surface area contributed by atoms with Gasteiger partial charge in [-0.2, -0.15) is 0 Å². The quantitative estimate of drug-likeness (QED) is 0.168. The van der Waals surface area contributed by atoms with E-state index in [0.717, 1.165) is 5.56 Å². The van der Waals surface area contributed by atoms with Crippen LogP contribution in [-0.2, 0) is 25.6 Å². The average molecular weight is 520 g/mol. The standard InChI is InChI=1S/C27H45N5O5/c1-5-17(3)22(26(35)32-23(27(36)37)18(4)6-2)31-25(34)21(14-10-11-15-28)30-24(33)20(29)16-19-12-8-7-9-13-19/h7-9,12-13,17-18,20-23H,5-6,10-11,14-16,28-29H2,1-4H3,(H,30,33)(H,31,34)(H,32,35)(H,36,37). The summed E-state index contributed by atoms with van der Waals surface area (Å²) in [4.78, 5) is 51.0. The number of hydrogen-bond acceptors (Lipinski definition) is 6. The van der Waals surface area contributed by atoms with Crippen molar-refractivity contribution < 1.29 is 24.3 Å². The molecule has 0 saturated carbocycles. The maximum Gasteiger partial charge on any atom is 0.326 e. The third-order valence-corrected chi connectivity index (χ3v) is 6.79. The molecule has 0 aliphatic heterocycles. The molecule has 0 spiro atoms. The van der Waals surface area contributed by atoms with Crippen LogP contribution in [0.5, 0.6) is 0 Å². The number of carboxylic acids is 1. The Bertz CT molecular complexity index is 866. The number of hydrogen-bond donors (Lipinski definition) is 6. The zero-order valence-corrected chi connectivity index (χ0v) is 22.5. The summed E-state index contributed by atoms with van der Waals surface area (Å²) in [5.41, 5.74) is 12.6. The molecule has 1 aromatic carbocycles. The van der Waals surface area contributed by atoms with Crippen LogP contribution in [-0.4, -0.2) is 59.5 Å². The predicted octanol–water partition coefficient (Wildman–Crippen LogP) is 1.32. The lowest BCUT2D eigenvalue weighted by atomic mass is 9.95. The lowest BCUT2D eigenvalue weighted by Gasteiger charge is -2.29. The molecule has 10 heteroatoms. The molecule has 208 valence electrons.